The first kappa shape index (κ1) is 23.2. The predicted molar refractivity (Wildman–Crippen MR) is 130 cm³/mol. The molecule has 0 radical (unpaired) electrons. The van der Waals surface area contributed by atoms with Gasteiger partial charge in [-0.1, -0.05) is 55.8 Å². The zero-order valence-corrected chi connectivity index (χ0v) is 19.6. The van der Waals surface area contributed by atoms with Gasteiger partial charge in [-0.2, -0.15) is 0 Å². The van der Waals surface area contributed by atoms with Crippen molar-refractivity contribution in [2.75, 3.05) is 6.61 Å². The third-order valence-electron chi connectivity index (χ3n) is 5.71. The van der Waals surface area contributed by atoms with Crippen molar-refractivity contribution in [2.45, 2.75) is 33.4 Å². The predicted octanol–water partition coefficient (Wildman–Crippen LogP) is 5.05. The lowest BCUT2D eigenvalue weighted by atomic mass is 9.94. The molecule has 1 aliphatic rings. The van der Waals surface area contributed by atoms with Crippen molar-refractivity contribution in [1.29, 1.82) is 0 Å². The van der Waals surface area contributed by atoms with E-state index in [1.807, 2.05) is 55.5 Å². The number of hydrogen-bond donors (Lipinski definition) is 1. The number of carbonyl (C=O) groups is 2. The number of ether oxygens (including phenoxy) is 1. The lowest BCUT2D eigenvalue weighted by Gasteiger charge is -2.26. The van der Waals surface area contributed by atoms with Gasteiger partial charge in [-0.05, 0) is 48.2 Å². The molecule has 0 bridgehead atoms. The van der Waals surface area contributed by atoms with Gasteiger partial charge >= 0.3 is 0 Å². The van der Waals surface area contributed by atoms with E-state index in [0.29, 0.717) is 18.1 Å². The highest BCUT2D eigenvalue weighted by molar-refractivity contribution is 6.46. The first-order valence-corrected chi connectivity index (χ1v) is 11.3. The highest BCUT2D eigenvalue weighted by Gasteiger charge is 2.46. The fourth-order valence-electron chi connectivity index (χ4n) is 4.05. The Bertz CT molecular complexity index is 1220. The molecule has 2 heterocycles. The summed E-state index contributed by atoms with van der Waals surface area (Å²) in [5, 5.41) is 11.1. The van der Waals surface area contributed by atoms with Crippen molar-refractivity contribution < 1.29 is 19.4 Å². The minimum atomic E-state index is -0.704. The van der Waals surface area contributed by atoms with Gasteiger partial charge < -0.3 is 14.7 Å². The van der Waals surface area contributed by atoms with Crippen LogP contribution < -0.4 is 4.74 Å². The summed E-state index contributed by atoms with van der Waals surface area (Å²) in [6, 6.07) is 17.7. The van der Waals surface area contributed by atoms with Gasteiger partial charge in [-0.3, -0.25) is 14.6 Å². The van der Waals surface area contributed by atoms with Crippen LogP contribution in [0.2, 0.25) is 0 Å². The average molecular weight is 457 g/mol. The Kier molecular flexibility index (Phi) is 6.77. The molecule has 1 unspecified atom stereocenters. The normalized spacial score (nSPS) is 17.4. The number of aryl methyl sites for hydroxylation is 1. The number of ketones is 1. The molecule has 2 aromatic carbocycles. The van der Waals surface area contributed by atoms with Crippen LogP contribution in [0.25, 0.3) is 5.76 Å². The summed E-state index contributed by atoms with van der Waals surface area (Å²) in [5.41, 5.74) is 3.15. The summed E-state index contributed by atoms with van der Waals surface area (Å²) in [6.45, 7) is 6.97. The minimum Gasteiger partial charge on any atom is -0.507 e. The van der Waals surface area contributed by atoms with Crippen molar-refractivity contribution in [2.24, 2.45) is 5.92 Å². The van der Waals surface area contributed by atoms with Gasteiger partial charge in [0, 0.05) is 24.5 Å². The van der Waals surface area contributed by atoms with Crippen molar-refractivity contribution in [3.05, 3.63) is 101 Å². The summed E-state index contributed by atoms with van der Waals surface area (Å²) in [5.74, 6) is -0.360. The van der Waals surface area contributed by atoms with E-state index < -0.39 is 17.7 Å². The van der Waals surface area contributed by atoms with Gasteiger partial charge in [0.05, 0.1) is 18.2 Å². The zero-order chi connectivity index (χ0) is 24.2. The van der Waals surface area contributed by atoms with E-state index in [1.54, 1.807) is 12.1 Å². The second-order valence-corrected chi connectivity index (χ2v) is 8.93. The number of hydrogen-bond acceptors (Lipinski definition) is 5. The minimum absolute atomic E-state index is 0.0821. The number of pyridine rings is 1. The van der Waals surface area contributed by atoms with Crippen LogP contribution in [0.15, 0.2) is 78.6 Å². The standard InChI is InChI=1S/C28H28N2O4/c1-18(2)17-34-23-9-7-20(8-10-23)16-30-25(22-6-4-5-19(3)15-22)24(27(32)28(30)33)26(31)21-11-13-29-14-12-21/h4-15,18,25,31H,16-17H2,1-3H3/b26-24-. The quantitative estimate of drug-likeness (QED) is 0.306. The smallest absolute Gasteiger partial charge is 0.295 e. The van der Waals surface area contributed by atoms with Gasteiger partial charge in [0.1, 0.15) is 11.5 Å². The molecule has 1 fully saturated rings. The van der Waals surface area contributed by atoms with Crippen molar-refractivity contribution in [3.63, 3.8) is 0 Å². The molecule has 174 valence electrons. The second-order valence-electron chi connectivity index (χ2n) is 8.93. The van der Waals surface area contributed by atoms with Gasteiger partial charge in [0.15, 0.2) is 0 Å². The molecule has 6 nitrogen and oxygen atoms in total. The van der Waals surface area contributed by atoms with E-state index in [1.165, 1.54) is 17.3 Å². The third-order valence-corrected chi connectivity index (χ3v) is 5.71. The molecule has 1 aliphatic heterocycles. The van der Waals surface area contributed by atoms with Crippen LogP contribution in [0.4, 0.5) is 0 Å². The van der Waals surface area contributed by atoms with Crippen molar-refractivity contribution >= 4 is 17.4 Å². The number of aliphatic hydroxyl groups is 1. The maximum absolute atomic E-state index is 13.2. The molecule has 1 N–H and O–H groups in total. The molecule has 3 aromatic rings. The Labute approximate surface area is 199 Å². The van der Waals surface area contributed by atoms with Crippen LogP contribution >= 0.6 is 0 Å². The number of carbonyl (C=O) groups excluding carboxylic acids is 2. The number of nitrogens with zero attached hydrogens (tertiary/aromatic N) is 2. The van der Waals surface area contributed by atoms with Crippen molar-refractivity contribution in [3.8, 4) is 5.75 Å². The zero-order valence-electron chi connectivity index (χ0n) is 19.6. The first-order valence-electron chi connectivity index (χ1n) is 11.3. The van der Waals surface area contributed by atoms with Crippen molar-refractivity contribution in [1.82, 2.24) is 9.88 Å². The summed E-state index contributed by atoms with van der Waals surface area (Å²) in [4.78, 5) is 31.8. The maximum atomic E-state index is 13.2. The summed E-state index contributed by atoms with van der Waals surface area (Å²) in [6.07, 6.45) is 3.07. The first-order chi connectivity index (χ1) is 16.3. The number of Topliss-reactive ketones (excluding diaryl/α,β-unsaturated/α-hetero) is 1. The molecular formula is C28H28N2O4. The number of aliphatic hydroxyl groups excluding tert-OH is 1. The Hall–Kier alpha value is -3.93. The molecule has 1 amide bonds. The second kappa shape index (κ2) is 9.91. The molecule has 34 heavy (non-hydrogen) atoms. The Morgan fingerprint density at radius 1 is 1.06 bits per heavy atom. The number of amides is 1. The Morgan fingerprint density at radius 2 is 1.76 bits per heavy atom. The summed E-state index contributed by atoms with van der Waals surface area (Å²) >= 11 is 0. The molecule has 6 heteroatoms. The third kappa shape index (κ3) is 4.86. The average Bonchev–Trinajstić information content (AvgIpc) is 3.08. The van der Waals surface area contributed by atoms with Crippen LogP contribution in [-0.4, -0.2) is 33.3 Å². The fraction of sp³-hybridized carbons (Fsp3) is 0.250. The largest absolute Gasteiger partial charge is 0.507 e. The van der Waals surface area contributed by atoms with E-state index in [0.717, 1.165) is 22.4 Å². The van der Waals surface area contributed by atoms with E-state index in [-0.39, 0.29) is 17.9 Å². The molecular weight excluding hydrogens is 428 g/mol. The molecule has 1 aromatic heterocycles. The van der Waals surface area contributed by atoms with Crippen LogP contribution in [0.1, 0.15) is 42.1 Å². The fourth-order valence-corrected chi connectivity index (χ4v) is 4.05. The van der Waals surface area contributed by atoms with E-state index in [2.05, 4.69) is 18.8 Å². The van der Waals surface area contributed by atoms with Gasteiger partial charge in [0.25, 0.3) is 11.7 Å². The maximum Gasteiger partial charge on any atom is 0.295 e. The van der Waals surface area contributed by atoms with Crippen LogP contribution in [0.5, 0.6) is 5.75 Å². The van der Waals surface area contributed by atoms with Gasteiger partial charge in [-0.15, -0.1) is 0 Å². The van der Waals surface area contributed by atoms with E-state index in [9.17, 15) is 14.7 Å². The molecule has 1 atom stereocenters. The molecule has 0 aliphatic carbocycles. The topological polar surface area (TPSA) is 79.7 Å². The van der Waals surface area contributed by atoms with Gasteiger partial charge in [-0.25, -0.2) is 0 Å². The van der Waals surface area contributed by atoms with Gasteiger partial charge in [0.2, 0.25) is 0 Å². The highest BCUT2D eigenvalue weighted by atomic mass is 16.5. The monoisotopic (exact) mass is 456 g/mol. The lowest BCUT2D eigenvalue weighted by Crippen LogP contribution is -2.29. The lowest BCUT2D eigenvalue weighted by molar-refractivity contribution is -0.140. The van der Waals surface area contributed by atoms with E-state index >= 15 is 0 Å². The number of aromatic nitrogens is 1. The SMILES string of the molecule is Cc1cccc(C2/C(=C(/O)c3ccncc3)C(=O)C(=O)N2Cc2ccc(OCC(C)C)cc2)c1. The molecule has 4 rings (SSSR count). The highest BCUT2D eigenvalue weighted by Crippen LogP contribution is 2.40. The number of benzene rings is 2. The summed E-state index contributed by atoms with van der Waals surface area (Å²) in [7, 11) is 0. The Balaban J connectivity index is 1.72. The summed E-state index contributed by atoms with van der Waals surface area (Å²) < 4.78 is 5.75. The van der Waals surface area contributed by atoms with E-state index in [4.69, 9.17) is 4.74 Å². The number of rotatable bonds is 7. The number of likely N-dealkylation sites (tertiary alicyclic amines) is 1. The molecule has 0 spiro atoms. The van der Waals surface area contributed by atoms with Crippen LogP contribution in [0.3, 0.4) is 0 Å². The van der Waals surface area contributed by atoms with Crippen LogP contribution in [-0.2, 0) is 16.1 Å². The molecule has 0 saturated carbocycles. The molecule has 1 saturated heterocycles. The Morgan fingerprint density at radius 3 is 2.41 bits per heavy atom. The van der Waals surface area contributed by atoms with Crippen LogP contribution in [0, 0.1) is 12.8 Å².